The topological polar surface area (TPSA) is 57.4 Å². The molecule has 0 atom stereocenters. The molecule has 2 N–H and O–H groups in total. The lowest BCUT2D eigenvalue weighted by Gasteiger charge is -2.28. The van der Waals surface area contributed by atoms with Gasteiger partial charge in [0.25, 0.3) is 0 Å². The minimum atomic E-state index is -7.22. The van der Waals surface area contributed by atoms with Crippen LogP contribution in [0.5, 0.6) is 0 Å². The highest BCUT2D eigenvalue weighted by molar-refractivity contribution is 5.95. The molecular weight excluding hydrogens is 968 g/mol. The van der Waals surface area contributed by atoms with Crippen LogP contribution in [-0.4, -0.2) is 44.1 Å². The molecule has 0 saturated heterocycles. The molecule has 3 aromatic heterocycles. The molecule has 0 radical (unpaired) electrons. The predicted molar refractivity (Wildman–Crippen MR) is 179 cm³/mol. The van der Waals surface area contributed by atoms with Crippen LogP contribution >= 0.6 is 0 Å². The molecule has 4 nitrogen and oxygen atoms in total. The number of nitrogens with zero attached hydrogens (tertiary/aromatic N) is 2. The molecule has 2 aliphatic rings. The minimum Gasteiger partial charge on any atom is -0.354 e. The normalized spacial score (nSPS) is 13.9. The number of aromatic nitrogens is 4. The molecule has 0 amide bonds. The van der Waals surface area contributed by atoms with Crippen molar-refractivity contribution in [2.45, 2.75) is 36.0 Å². The summed E-state index contributed by atoms with van der Waals surface area (Å²) in [5.74, 6) is -56.6. The lowest BCUT2D eigenvalue weighted by atomic mass is 9.99. The highest BCUT2D eigenvalue weighted by atomic mass is 19.4. The second kappa shape index (κ2) is 14.9. The van der Waals surface area contributed by atoms with Crippen molar-refractivity contribution in [1.82, 2.24) is 19.9 Å². The molecule has 0 fully saturated rings. The molecule has 28 heteroatoms. The zero-order valence-electron chi connectivity index (χ0n) is 30.6. The standard InChI is InChI=1S/C38H10F24N4/c39-23-19(24(40)28(44)31(47)27(23)43)17-9-1-5-13(63-9)21(33(49,50)35(53,54)37(57,58)59)14-7-3-11(65-14)18(20-25(41)29(45)32(48)30(46)26(20)42)12-4-8-16(66-12)22(15-6-2-10(17)64-15)34(51,52)36(55,56)38(60,61)62/h1-8,63,66H. The molecule has 0 spiro atoms. The summed E-state index contributed by atoms with van der Waals surface area (Å²) in [6.45, 7) is 0. The van der Waals surface area contributed by atoms with Gasteiger partial charge in [-0.2, -0.15) is 61.5 Å². The van der Waals surface area contributed by atoms with Crippen LogP contribution in [0.3, 0.4) is 0 Å². The number of hydrogen-bond donors (Lipinski definition) is 2. The smallest absolute Gasteiger partial charge is 0.354 e. The van der Waals surface area contributed by atoms with E-state index in [2.05, 4.69) is 9.97 Å². The third kappa shape index (κ3) is 6.66. The Morgan fingerprint density at radius 1 is 0.303 bits per heavy atom. The quantitative estimate of drug-likeness (QED) is 0.0991. The molecular formula is C38H10F24N4. The van der Waals surface area contributed by atoms with Gasteiger partial charge in [-0.3, -0.25) is 0 Å². The van der Waals surface area contributed by atoms with Gasteiger partial charge >= 0.3 is 36.0 Å². The van der Waals surface area contributed by atoms with Crippen molar-refractivity contribution in [3.63, 3.8) is 0 Å². The molecule has 7 rings (SSSR count). The Labute approximate surface area is 346 Å². The highest BCUT2D eigenvalue weighted by Crippen LogP contribution is 2.56. The fraction of sp³-hybridized carbons (Fsp3) is 0.158. The van der Waals surface area contributed by atoms with Crippen molar-refractivity contribution < 1.29 is 105 Å². The van der Waals surface area contributed by atoms with Crippen LogP contribution in [0.15, 0.2) is 24.3 Å². The van der Waals surface area contributed by atoms with Gasteiger partial charge in [0.15, 0.2) is 46.5 Å². The van der Waals surface area contributed by atoms with Gasteiger partial charge in [-0.05, 0) is 48.6 Å². The summed E-state index contributed by atoms with van der Waals surface area (Å²) in [7, 11) is 0. The molecule has 8 bridgehead atoms. The summed E-state index contributed by atoms with van der Waals surface area (Å²) in [5, 5.41) is 0. The molecule has 2 aliphatic heterocycles. The van der Waals surface area contributed by atoms with Gasteiger partial charge in [0.05, 0.1) is 56.1 Å². The van der Waals surface area contributed by atoms with E-state index in [1.54, 1.807) is 9.97 Å². The van der Waals surface area contributed by atoms with Gasteiger partial charge in [-0.1, -0.05) is 0 Å². The van der Waals surface area contributed by atoms with Crippen molar-refractivity contribution in [2.24, 2.45) is 0 Å². The van der Waals surface area contributed by atoms with Crippen LogP contribution in [0.4, 0.5) is 105 Å². The summed E-state index contributed by atoms with van der Waals surface area (Å²) in [6, 6.07) is 0.325. The first-order chi connectivity index (χ1) is 30.2. The van der Waals surface area contributed by atoms with Crippen LogP contribution < -0.4 is 0 Å². The Morgan fingerprint density at radius 3 is 0.818 bits per heavy atom. The summed E-state index contributed by atoms with van der Waals surface area (Å²) in [5.41, 5.74) is -26.8. The summed E-state index contributed by atoms with van der Waals surface area (Å²) in [6.07, 6.45) is -14.2. The van der Waals surface area contributed by atoms with Crippen LogP contribution in [0.2, 0.25) is 0 Å². The Balaban J connectivity index is 1.83. The zero-order valence-corrected chi connectivity index (χ0v) is 30.6. The van der Waals surface area contributed by atoms with E-state index in [-0.39, 0.29) is 48.6 Å². The summed E-state index contributed by atoms with van der Waals surface area (Å²) in [4.78, 5) is 9.77. The number of fused-ring (bicyclic) bond motifs is 8. The average Bonchev–Trinajstić information content (AvgIpc) is 4.07. The Morgan fingerprint density at radius 2 is 0.545 bits per heavy atom. The average molecular weight is 978 g/mol. The maximum atomic E-state index is 16.0. The largest absolute Gasteiger partial charge is 0.460 e. The van der Waals surface area contributed by atoms with E-state index >= 15 is 35.1 Å². The fourth-order valence-electron chi connectivity index (χ4n) is 6.71. The number of nitrogens with one attached hydrogen (secondary N) is 2. The maximum Gasteiger partial charge on any atom is 0.460 e. The van der Waals surface area contributed by atoms with E-state index < -0.39 is 172 Å². The third-order valence-electron chi connectivity index (χ3n) is 9.80. The van der Waals surface area contributed by atoms with Crippen molar-refractivity contribution in [1.29, 1.82) is 0 Å². The second-order valence-corrected chi connectivity index (χ2v) is 13.7. The van der Waals surface area contributed by atoms with E-state index in [0.717, 1.165) is 0 Å². The molecule has 2 aromatic carbocycles. The van der Waals surface area contributed by atoms with Crippen LogP contribution in [0.1, 0.15) is 33.9 Å². The van der Waals surface area contributed by atoms with Gasteiger partial charge in [-0.25, -0.2) is 53.9 Å². The minimum absolute atomic E-state index is 0.00552. The van der Waals surface area contributed by atoms with Crippen LogP contribution in [0, 0.1) is 58.2 Å². The Hall–Kier alpha value is -6.64. The van der Waals surface area contributed by atoms with E-state index in [9.17, 15) is 70.2 Å². The summed E-state index contributed by atoms with van der Waals surface area (Å²) >= 11 is 0. The Bertz CT molecular complexity index is 2870. The first-order valence-electron chi connectivity index (χ1n) is 17.1. The number of aromatic amines is 2. The highest BCUT2D eigenvalue weighted by Gasteiger charge is 2.75. The van der Waals surface area contributed by atoms with Gasteiger partial charge in [0.1, 0.15) is 0 Å². The molecule has 5 heterocycles. The number of alkyl halides is 14. The number of H-pyrrole nitrogens is 2. The number of benzene rings is 2. The monoisotopic (exact) mass is 978 g/mol. The van der Waals surface area contributed by atoms with E-state index in [1.807, 2.05) is 0 Å². The molecule has 350 valence electrons. The second-order valence-electron chi connectivity index (χ2n) is 13.7. The number of rotatable bonds is 6. The van der Waals surface area contributed by atoms with Crippen LogP contribution in [-0.2, 0) is 11.8 Å². The third-order valence-corrected chi connectivity index (χ3v) is 9.80. The van der Waals surface area contributed by atoms with Gasteiger partial charge in [0, 0.05) is 22.2 Å². The molecule has 66 heavy (non-hydrogen) atoms. The van der Waals surface area contributed by atoms with Gasteiger partial charge < -0.3 is 9.97 Å². The lowest BCUT2D eigenvalue weighted by molar-refractivity contribution is -0.359. The van der Waals surface area contributed by atoms with Crippen molar-refractivity contribution >= 4 is 46.4 Å². The summed E-state index contributed by atoms with van der Waals surface area (Å²) < 4.78 is 354. The van der Waals surface area contributed by atoms with Crippen LogP contribution in [0.25, 0.3) is 68.6 Å². The fourth-order valence-corrected chi connectivity index (χ4v) is 6.71. The molecule has 0 saturated carbocycles. The lowest BCUT2D eigenvalue weighted by Crippen LogP contribution is -2.50. The maximum absolute atomic E-state index is 16.0. The molecule has 5 aromatic rings. The predicted octanol–water partition coefficient (Wildman–Crippen LogP) is 14.0. The number of halogens is 24. The first kappa shape index (κ1) is 47.3. The van der Waals surface area contributed by atoms with Crippen molar-refractivity contribution in [3.8, 4) is 22.3 Å². The van der Waals surface area contributed by atoms with E-state index in [0.29, 0.717) is 0 Å². The Kier molecular flexibility index (Phi) is 10.7. The van der Waals surface area contributed by atoms with E-state index in [4.69, 9.17) is 0 Å². The van der Waals surface area contributed by atoms with Gasteiger partial charge in [0.2, 0.25) is 11.6 Å². The first-order valence-corrected chi connectivity index (χ1v) is 17.1. The molecule has 0 aliphatic carbocycles. The zero-order chi connectivity index (χ0) is 49.3. The van der Waals surface area contributed by atoms with Crippen molar-refractivity contribution in [2.75, 3.05) is 0 Å². The van der Waals surface area contributed by atoms with E-state index in [1.165, 1.54) is 0 Å². The van der Waals surface area contributed by atoms with Crippen molar-refractivity contribution in [3.05, 3.63) is 116 Å². The number of hydrogen-bond acceptors (Lipinski definition) is 2. The van der Waals surface area contributed by atoms with Gasteiger partial charge in [-0.15, -0.1) is 0 Å². The SMILES string of the molecule is Fc1c(F)c(F)c(-c2c3nc(c(C(F)(F)C(F)(F)C(F)(F)F)c4ccc([nH]4)c(-c4c(F)c(F)c(F)c(F)c4F)c4nc(c(C(F)(F)C(F)(F)C(F)(F)F)c5ccc2[nH]5)C=C4)C=C3)c(F)c1F. The molecule has 0 unspecified atom stereocenters.